The molecule has 18 nitrogen and oxygen atoms in total. The van der Waals surface area contributed by atoms with Crippen molar-refractivity contribution in [2.24, 2.45) is 0 Å². The lowest BCUT2D eigenvalue weighted by Gasteiger charge is -2.29. The van der Waals surface area contributed by atoms with Crippen molar-refractivity contribution in [2.75, 3.05) is 26.2 Å². The molecule has 0 fully saturated rings. The second-order valence-corrected chi connectivity index (χ2v) is 30.0. The summed E-state index contributed by atoms with van der Waals surface area (Å²) >= 11 is 0. The van der Waals surface area contributed by atoms with Gasteiger partial charge in [0.05, 0.1) is 18.7 Å². The molecule has 6 amide bonds. The molecule has 0 unspecified atom stereocenters. The number of aliphatic hydroxyl groups excluding tert-OH is 1. The van der Waals surface area contributed by atoms with Gasteiger partial charge in [0.1, 0.15) is 23.0 Å². The van der Waals surface area contributed by atoms with Crippen molar-refractivity contribution in [1.29, 1.82) is 0 Å². The Morgan fingerprint density at radius 2 is 0.509 bits per heavy atom. The number of carbonyl (C=O) groups excluding carboxylic acids is 12. The Morgan fingerprint density at radius 3 is 0.833 bits per heavy atom. The lowest BCUT2D eigenvalue weighted by Crippen LogP contribution is -2.42. The lowest BCUT2D eigenvalue weighted by molar-refractivity contribution is 0.0572. The summed E-state index contributed by atoms with van der Waals surface area (Å²) < 4.78 is 13.9. The molecule has 0 spiro atoms. The van der Waals surface area contributed by atoms with E-state index in [-0.39, 0.29) is 101 Å². The van der Waals surface area contributed by atoms with Gasteiger partial charge < -0.3 is 14.6 Å². The average Bonchev–Trinajstić information content (AvgIpc) is 0.691. The number of imide groups is 3. The van der Waals surface area contributed by atoms with E-state index in [0.717, 1.165) is 80.7 Å². The lowest BCUT2D eigenvalue weighted by atomic mass is 9.81. The predicted octanol–water partition coefficient (Wildman–Crippen LogP) is 18.9. The first kappa shape index (κ1) is 68.9. The summed E-state index contributed by atoms with van der Waals surface area (Å²) in [6.45, 7) is 7.95. The second-order valence-electron chi connectivity index (χ2n) is 30.0. The Bertz CT molecular complexity index is 7280. The largest absolute Gasteiger partial charge is 0.457 e. The van der Waals surface area contributed by atoms with Gasteiger partial charge in [-0.25, -0.2) is 0 Å². The van der Waals surface area contributed by atoms with Crippen molar-refractivity contribution < 1.29 is 72.1 Å². The molecule has 20 rings (SSSR count). The Balaban J connectivity index is 0.625. The van der Waals surface area contributed by atoms with Crippen molar-refractivity contribution in [1.82, 2.24) is 14.7 Å². The Hall–Kier alpha value is -14.4. The van der Waals surface area contributed by atoms with Crippen LogP contribution < -0.4 is 9.47 Å². The number of ether oxygens (including phenoxy) is 2. The number of amides is 6. The van der Waals surface area contributed by atoms with Gasteiger partial charge in [-0.05, 0) is 208 Å². The normalized spacial score (nSPS) is 13.7. The number of ketones is 6. The smallest absolute Gasteiger partial charge is 0.261 e. The van der Waals surface area contributed by atoms with E-state index in [0.29, 0.717) is 121 Å². The van der Waals surface area contributed by atoms with Crippen molar-refractivity contribution in [3.63, 3.8) is 0 Å². The summed E-state index contributed by atoms with van der Waals surface area (Å²) in [4.78, 5) is 172. The van der Waals surface area contributed by atoms with Crippen LogP contribution in [0.25, 0.3) is 129 Å². The van der Waals surface area contributed by atoms with E-state index in [4.69, 9.17) is 9.47 Å². The summed E-state index contributed by atoms with van der Waals surface area (Å²) in [5.41, 5.74) is 5.38. The number of β-amino-alcohol motifs (C(OH)–C–C–N with tert-alkyl or cyclic N) is 1. The van der Waals surface area contributed by atoms with Gasteiger partial charge in [-0.1, -0.05) is 115 Å². The molecule has 0 bridgehead atoms. The highest BCUT2D eigenvalue weighted by atomic mass is 16.5. The molecule has 1 N–H and O–H groups in total. The first-order valence-electron chi connectivity index (χ1n) is 37.5. The van der Waals surface area contributed by atoms with Crippen LogP contribution in [0.2, 0.25) is 0 Å². The number of carbonyl (C=O) groups is 12. The summed E-state index contributed by atoms with van der Waals surface area (Å²) in [6.07, 6.45) is 0.504. The number of benzene rings is 17. The van der Waals surface area contributed by atoms with Gasteiger partial charge >= 0.3 is 0 Å². The van der Waals surface area contributed by atoms with E-state index in [1.807, 2.05) is 60.7 Å². The van der Waals surface area contributed by atoms with E-state index in [9.17, 15) is 62.6 Å². The molecular formula is C96H61N3O15. The summed E-state index contributed by atoms with van der Waals surface area (Å²) in [5, 5.41) is 25.1. The molecule has 3 aliphatic heterocycles. The number of rotatable bonds is 18. The number of hydrogen-bond donors (Lipinski definition) is 1. The maximum Gasteiger partial charge on any atom is 0.261 e. The van der Waals surface area contributed by atoms with Gasteiger partial charge in [-0.3, -0.25) is 72.2 Å². The molecule has 0 aliphatic carbocycles. The summed E-state index contributed by atoms with van der Waals surface area (Å²) in [5.74, 6) is -3.55. The number of nitrogens with zero attached hydrogens (tertiary/aromatic N) is 3. The molecule has 0 saturated carbocycles. The van der Waals surface area contributed by atoms with E-state index < -0.39 is 42.0 Å². The van der Waals surface area contributed by atoms with E-state index in [1.165, 1.54) is 51.3 Å². The number of fused-ring (bicyclic) bond motifs is 6. The zero-order chi connectivity index (χ0) is 78.8. The van der Waals surface area contributed by atoms with E-state index >= 15 is 0 Å². The highest BCUT2D eigenvalue weighted by Crippen LogP contribution is 2.54. The maximum absolute atomic E-state index is 14.9. The van der Waals surface area contributed by atoms with Gasteiger partial charge in [0, 0.05) is 128 Å². The number of aliphatic hydroxyl groups is 1. The van der Waals surface area contributed by atoms with Crippen LogP contribution in [0.4, 0.5) is 0 Å². The zero-order valence-electron chi connectivity index (χ0n) is 62.1. The van der Waals surface area contributed by atoms with Crippen LogP contribution in [0.3, 0.4) is 0 Å². The van der Waals surface area contributed by atoms with Gasteiger partial charge in [0.2, 0.25) is 0 Å². The first-order valence-corrected chi connectivity index (χ1v) is 37.5. The van der Waals surface area contributed by atoms with Crippen LogP contribution in [0.15, 0.2) is 182 Å². The third-order valence-corrected chi connectivity index (χ3v) is 23.8. The van der Waals surface area contributed by atoms with Gasteiger partial charge in [-0.2, -0.15) is 0 Å². The number of hydrogen-bond acceptors (Lipinski definition) is 15. The predicted molar refractivity (Wildman–Crippen MR) is 437 cm³/mol. The quantitative estimate of drug-likeness (QED) is 0.0363. The molecule has 0 saturated heterocycles. The molecule has 114 heavy (non-hydrogen) atoms. The highest BCUT2D eigenvalue weighted by Gasteiger charge is 2.40. The monoisotopic (exact) mass is 1500 g/mol. The van der Waals surface area contributed by atoms with Crippen LogP contribution in [0, 0.1) is 0 Å². The van der Waals surface area contributed by atoms with Crippen LogP contribution in [0.5, 0.6) is 23.0 Å². The van der Waals surface area contributed by atoms with Gasteiger partial charge in [0.15, 0.2) is 34.7 Å². The fourth-order valence-electron chi connectivity index (χ4n) is 18.8. The number of Topliss-reactive ketones (excluding diaryl/α,β-unsaturated/α-hetero) is 6. The molecule has 17 aromatic rings. The molecule has 0 aromatic heterocycles. The topological polar surface area (TPSA) is 253 Å². The maximum atomic E-state index is 14.9. The Labute approximate surface area is 646 Å². The van der Waals surface area contributed by atoms with Gasteiger partial charge in [-0.15, -0.1) is 0 Å². The fourth-order valence-corrected chi connectivity index (χ4v) is 18.8. The molecule has 0 atom stereocenters. The minimum atomic E-state index is -0.680. The standard InChI is InChI=1S/C96H61N3O15/c1-43(101)53-15-20-58-62-24-30-68-84-69(31-25-63(82(62)84)59-21-16-54(44(2)102)77(53)80(58)59)92(108)97(91(68)107)37-35-49-7-11-51(12-8-49)113-75-41-73(48(6)106)79-57(47(5)105)19-28-66-88-76(42-74-86-72(95(111)99(39-40-100)96(74)112)34-29-67(90(86)88)87(75)89(66)79)114-52-13-9-50(10-14-52)36-38-98-93(109)70-32-26-64-60-22-17-55(45(3)103)78-56(46(4)104)18-23-61(81(60)78)65-27-33-71(94(98)110)85(70)83(64)65/h7-34,41-42,100H,35-40H2,1-6H3. The molecule has 3 aliphatic rings. The Kier molecular flexibility index (Phi) is 15.0. The van der Waals surface area contributed by atoms with Crippen molar-refractivity contribution in [3.8, 4) is 23.0 Å². The zero-order valence-corrected chi connectivity index (χ0v) is 62.1. The average molecular weight is 1500 g/mol. The third kappa shape index (κ3) is 9.57. The van der Waals surface area contributed by atoms with Crippen LogP contribution in [0.1, 0.15) is 177 Å². The van der Waals surface area contributed by atoms with E-state index in [1.54, 1.807) is 121 Å². The molecule has 550 valence electrons. The molecular weight excluding hydrogens is 1440 g/mol. The summed E-state index contributed by atoms with van der Waals surface area (Å²) in [6, 6.07) is 52.9. The van der Waals surface area contributed by atoms with Crippen molar-refractivity contribution in [2.45, 2.75) is 54.4 Å². The SMILES string of the molecule is CC(=O)c1ccc2c3ccc4c5c(ccc(c6ccc(C(C)=O)c1c26)c53)C(=O)N(CCc1ccc(Oc2cc(C(C)=O)c3c(C(C)=O)ccc5c6c(Oc7ccc(CCN8C(=O)c9ccc%10c%11ccc(C(C)=O)c%12c(C(C)=O)ccc(c%13ccc(c9c%10%13)C8=O)c%12%11)cc7)cc7c8c(ccc(c2c35)c86)C(=O)N(CCO)C7=O)cc1)C4=O. The molecule has 3 heterocycles. The first-order chi connectivity index (χ1) is 55.0. The second kappa shape index (κ2) is 24.8. The van der Waals surface area contributed by atoms with E-state index in [2.05, 4.69) is 0 Å². The molecule has 18 heteroatoms. The minimum Gasteiger partial charge on any atom is -0.457 e. The molecule has 0 radical (unpaired) electrons. The van der Waals surface area contributed by atoms with Crippen LogP contribution >= 0.6 is 0 Å². The highest BCUT2D eigenvalue weighted by molar-refractivity contribution is 6.45. The summed E-state index contributed by atoms with van der Waals surface area (Å²) in [7, 11) is 0. The third-order valence-electron chi connectivity index (χ3n) is 23.8. The van der Waals surface area contributed by atoms with Crippen molar-refractivity contribution >= 4 is 199 Å². The van der Waals surface area contributed by atoms with Crippen molar-refractivity contribution in [3.05, 3.63) is 260 Å². The minimum absolute atomic E-state index is 0.0176. The fraction of sp³-hybridized carbons (Fsp3) is 0.125. The molecule has 17 aromatic carbocycles. The van der Waals surface area contributed by atoms with Crippen LogP contribution in [-0.4, -0.2) is 116 Å². The van der Waals surface area contributed by atoms with Crippen LogP contribution in [-0.2, 0) is 12.8 Å². The Morgan fingerprint density at radius 1 is 0.254 bits per heavy atom. The van der Waals surface area contributed by atoms with Gasteiger partial charge in [0.25, 0.3) is 35.4 Å².